The maximum atomic E-state index is 13.0. The summed E-state index contributed by atoms with van der Waals surface area (Å²) in [6.45, 7) is 0. The van der Waals surface area contributed by atoms with Gasteiger partial charge in [-0.1, -0.05) is 36.4 Å². The summed E-state index contributed by atoms with van der Waals surface area (Å²) in [5.74, 6) is 2.13. The van der Waals surface area contributed by atoms with E-state index in [1.807, 2.05) is 18.2 Å². The highest BCUT2D eigenvalue weighted by molar-refractivity contribution is 6.04. The summed E-state index contributed by atoms with van der Waals surface area (Å²) in [5, 5.41) is 17.7. The highest BCUT2D eigenvalue weighted by Crippen LogP contribution is 2.63. The average molecular weight is 440 g/mol. The normalized spacial score (nSPS) is 26.7. The number of non-ortho nitro benzene ring substituents is 1. The van der Waals surface area contributed by atoms with Crippen LogP contribution in [-0.2, 0) is 0 Å². The number of amides is 1. The molecule has 0 spiro atoms. The number of nitrogens with one attached hydrogen (secondary N) is 2. The molecule has 2 saturated carbocycles. The maximum absolute atomic E-state index is 13.0. The molecule has 1 amide bonds. The van der Waals surface area contributed by atoms with Crippen LogP contribution in [-0.4, -0.2) is 10.8 Å². The fourth-order valence-corrected chi connectivity index (χ4v) is 6.52. The summed E-state index contributed by atoms with van der Waals surface area (Å²) in [6, 6.07) is 22.9. The zero-order valence-electron chi connectivity index (χ0n) is 18.1. The second-order valence-corrected chi connectivity index (χ2v) is 9.53. The van der Waals surface area contributed by atoms with Crippen molar-refractivity contribution in [3.8, 4) is 0 Å². The topological polar surface area (TPSA) is 84.3 Å². The van der Waals surface area contributed by atoms with Gasteiger partial charge in [0.2, 0.25) is 0 Å². The Labute approximate surface area is 192 Å². The van der Waals surface area contributed by atoms with Crippen molar-refractivity contribution >= 4 is 23.0 Å². The fraction of sp³-hybridized carbons (Fsp3) is 0.296. The number of anilines is 2. The summed E-state index contributed by atoms with van der Waals surface area (Å²) in [7, 11) is 0. The molecule has 6 rings (SSSR count). The predicted octanol–water partition coefficient (Wildman–Crippen LogP) is 6.14. The van der Waals surface area contributed by atoms with Gasteiger partial charge in [-0.15, -0.1) is 0 Å². The monoisotopic (exact) mass is 439 g/mol. The molecule has 3 aromatic carbocycles. The van der Waals surface area contributed by atoms with Gasteiger partial charge in [-0.2, -0.15) is 0 Å². The Morgan fingerprint density at radius 1 is 0.970 bits per heavy atom. The third-order valence-electron chi connectivity index (χ3n) is 7.82. The molecule has 0 radical (unpaired) electrons. The van der Waals surface area contributed by atoms with E-state index >= 15 is 0 Å². The van der Waals surface area contributed by atoms with Crippen LogP contribution >= 0.6 is 0 Å². The van der Waals surface area contributed by atoms with Gasteiger partial charge in [0.25, 0.3) is 11.6 Å². The van der Waals surface area contributed by atoms with E-state index in [2.05, 4.69) is 41.0 Å². The van der Waals surface area contributed by atoms with E-state index in [1.54, 1.807) is 12.1 Å². The van der Waals surface area contributed by atoms with Crippen LogP contribution < -0.4 is 10.6 Å². The first-order valence-corrected chi connectivity index (χ1v) is 11.6. The van der Waals surface area contributed by atoms with Crippen LogP contribution in [0.15, 0.2) is 72.8 Å². The molecule has 0 saturated heterocycles. The van der Waals surface area contributed by atoms with E-state index in [0.717, 1.165) is 5.69 Å². The van der Waals surface area contributed by atoms with Crippen molar-refractivity contribution < 1.29 is 9.72 Å². The van der Waals surface area contributed by atoms with Crippen LogP contribution in [0.1, 0.15) is 52.7 Å². The molecule has 6 nitrogen and oxygen atoms in total. The predicted molar refractivity (Wildman–Crippen MR) is 127 cm³/mol. The van der Waals surface area contributed by atoms with Crippen LogP contribution in [0.4, 0.5) is 17.1 Å². The first-order chi connectivity index (χ1) is 16.1. The lowest BCUT2D eigenvalue weighted by Crippen LogP contribution is -2.35. The minimum atomic E-state index is -0.460. The van der Waals surface area contributed by atoms with Crippen molar-refractivity contribution in [3.63, 3.8) is 0 Å². The number of carbonyl (C=O) groups excluding carboxylic acids is 1. The minimum absolute atomic E-state index is 0.0424. The largest absolute Gasteiger partial charge is 0.378 e. The number of carbonyl (C=O) groups is 1. The van der Waals surface area contributed by atoms with Gasteiger partial charge in [0.05, 0.1) is 11.0 Å². The molecule has 166 valence electrons. The molecule has 1 heterocycles. The first-order valence-electron chi connectivity index (χ1n) is 11.6. The van der Waals surface area contributed by atoms with Crippen LogP contribution in [0.25, 0.3) is 0 Å². The maximum Gasteiger partial charge on any atom is 0.271 e. The van der Waals surface area contributed by atoms with E-state index in [9.17, 15) is 14.9 Å². The first kappa shape index (κ1) is 20.0. The number of nitrogens with zero attached hydrogens (tertiary/aromatic N) is 1. The molecule has 0 aromatic heterocycles. The molecule has 5 atom stereocenters. The van der Waals surface area contributed by atoms with Crippen molar-refractivity contribution in [1.29, 1.82) is 0 Å². The highest BCUT2D eigenvalue weighted by Gasteiger charge is 2.53. The number of benzene rings is 3. The van der Waals surface area contributed by atoms with Crippen LogP contribution in [0, 0.1) is 27.9 Å². The molecular formula is C27H25N3O3. The van der Waals surface area contributed by atoms with Gasteiger partial charge in [0.15, 0.2) is 0 Å². The Hall–Kier alpha value is -3.67. The third-order valence-corrected chi connectivity index (χ3v) is 7.82. The van der Waals surface area contributed by atoms with E-state index in [0.29, 0.717) is 41.0 Å². The molecular weight excluding hydrogens is 414 g/mol. The molecule has 0 unspecified atom stereocenters. The van der Waals surface area contributed by atoms with Crippen molar-refractivity contribution in [1.82, 2.24) is 0 Å². The standard InChI is InChI=1S/C27H25N3O3/c31-27(28-20-7-4-8-21(15-20)30(32)33)19-11-12-23-22(14-19)24-17-9-10-18(13-17)25(24)26(29-23)16-5-2-1-3-6-16/h1-8,11-12,14-15,17-18,24-26,29H,9-10,13H2,(H,28,31)/t17-,18-,24-,25+,26-/m0/s1. The lowest BCUT2D eigenvalue weighted by atomic mass is 9.68. The zero-order chi connectivity index (χ0) is 22.5. The van der Waals surface area contributed by atoms with E-state index < -0.39 is 4.92 Å². The molecule has 2 fully saturated rings. The Morgan fingerprint density at radius 3 is 2.61 bits per heavy atom. The summed E-state index contributed by atoms with van der Waals surface area (Å²) < 4.78 is 0. The smallest absolute Gasteiger partial charge is 0.271 e. The average Bonchev–Trinajstić information content (AvgIpc) is 3.47. The Bertz CT molecular complexity index is 1240. The third kappa shape index (κ3) is 3.37. The van der Waals surface area contributed by atoms with Crippen LogP contribution in [0.3, 0.4) is 0 Å². The highest BCUT2D eigenvalue weighted by atomic mass is 16.6. The molecule has 3 aliphatic rings. The van der Waals surface area contributed by atoms with Crippen molar-refractivity contribution in [2.45, 2.75) is 31.2 Å². The summed E-state index contributed by atoms with van der Waals surface area (Å²) in [4.78, 5) is 23.6. The van der Waals surface area contributed by atoms with E-state index in [1.165, 1.54) is 42.5 Å². The summed E-state index contributed by atoms with van der Waals surface area (Å²) >= 11 is 0. The molecule has 2 bridgehead atoms. The SMILES string of the molecule is O=C(Nc1cccc([N+](=O)[O-])c1)c1ccc2c(c1)[C@@H]1[C@H]3CC[C@@H](C3)[C@H]1[C@H](c1ccccc1)N2. The van der Waals surface area contributed by atoms with Gasteiger partial charge in [-0.3, -0.25) is 14.9 Å². The van der Waals surface area contributed by atoms with E-state index in [-0.39, 0.29) is 11.6 Å². The molecule has 2 aliphatic carbocycles. The zero-order valence-corrected chi connectivity index (χ0v) is 18.1. The van der Waals surface area contributed by atoms with Gasteiger partial charge in [0.1, 0.15) is 0 Å². The van der Waals surface area contributed by atoms with Gasteiger partial charge in [-0.25, -0.2) is 0 Å². The van der Waals surface area contributed by atoms with E-state index in [4.69, 9.17) is 0 Å². The Balaban J connectivity index is 1.33. The molecule has 3 aromatic rings. The quantitative estimate of drug-likeness (QED) is 0.378. The molecule has 6 heteroatoms. The number of rotatable bonds is 4. The van der Waals surface area contributed by atoms with Crippen molar-refractivity contribution in [2.24, 2.45) is 17.8 Å². The van der Waals surface area contributed by atoms with Crippen LogP contribution in [0.5, 0.6) is 0 Å². The molecule has 1 aliphatic heterocycles. The number of hydrogen-bond acceptors (Lipinski definition) is 4. The minimum Gasteiger partial charge on any atom is -0.378 e. The van der Waals surface area contributed by atoms with Gasteiger partial charge in [-0.05, 0) is 78.3 Å². The molecule has 33 heavy (non-hydrogen) atoms. The second-order valence-electron chi connectivity index (χ2n) is 9.53. The second kappa shape index (κ2) is 7.73. The van der Waals surface area contributed by atoms with Gasteiger partial charge < -0.3 is 10.6 Å². The van der Waals surface area contributed by atoms with Crippen LogP contribution in [0.2, 0.25) is 0 Å². The fourth-order valence-electron chi connectivity index (χ4n) is 6.52. The van der Waals surface area contributed by atoms with Gasteiger partial charge in [0, 0.05) is 29.1 Å². The van der Waals surface area contributed by atoms with Gasteiger partial charge >= 0.3 is 0 Å². The summed E-state index contributed by atoms with van der Waals surface area (Å²) in [6.07, 6.45) is 3.82. The number of nitro groups is 1. The summed E-state index contributed by atoms with van der Waals surface area (Å²) in [5.41, 5.74) is 4.65. The number of hydrogen-bond donors (Lipinski definition) is 2. The Kier molecular flexibility index (Phi) is 4.68. The Morgan fingerprint density at radius 2 is 1.79 bits per heavy atom. The van der Waals surface area contributed by atoms with Crippen molar-refractivity contribution in [2.75, 3.05) is 10.6 Å². The molecule has 2 N–H and O–H groups in total. The van der Waals surface area contributed by atoms with Crippen molar-refractivity contribution in [3.05, 3.63) is 99.6 Å². The lowest BCUT2D eigenvalue weighted by Gasteiger charge is -2.43. The lowest BCUT2D eigenvalue weighted by molar-refractivity contribution is -0.384. The number of nitro benzene ring substituents is 1. The number of fused-ring (bicyclic) bond motifs is 7.